The van der Waals surface area contributed by atoms with Gasteiger partial charge in [0.2, 0.25) is 0 Å². The predicted molar refractivity (Wildman–Crippen MR) is 116 cm³/mol. The molecule has 0 aliphatic heterocycles. The summed E-state index contributed by atoms with van der Waals surface area (Å²) in [6.45, 7) is 4.09. The number of nitrogens with zero attached hydrogens (tertiary/aromatic N) is 2. The molecule has 1 N–H and O–H groups in total. The van der Waals surface area contributed by atoms with Crippen LogP contribution < -0.4 is 10.0 Å². The summed E-state index contributed by atoms with van der Waals surface area (Å²) in [5, 5.41) is 14.9. The van der Waals surface area contributed by atoms with Crippen LogP contribution in [-0.2, 0) is 0 Å². The number of nitrogens with one attached hydrogen (secondary N) is 1. The molecule has 0 fully saturated rings. The van der Waals surface area contributed by atoms with Crippen LogP contribution in [0.1, 0.15) is 21.5 Å². The molecule has 0 saturated carbocycles. The van der Waals surface area contributed by atoms with Crippen molar-refractivity contribution in [2.75, 3.05) is 5.32 Å². The van der Waals surface area contributed by atoms with E-state index in [2.05, 4.69) is 23.5 Å². The fourth-order valence-electron chi connectivity index (χ4n) is 3.20. The molecule has 4 rings (SSSR count). The zero-order valence-electron chi connectivity index (χ0n) is 16.0. The first kappa shape index (κ1) is 18.8. The molecule has 5 nitrogen and oxygen atoms in total. The number of anilines is 1. The highest BCUT2D eigenvalue weighted by Gasteiger charge is 2.18. The van der Waals surface area contributed by atoms with Gasteiger partial charge in [-0.1, -0.05) is 46.7 Å². The van der Waals surface area contributed by atoms with Crippen LogP contribution in [0.15, 0.2) is 73.1 Å². The van der Waals surface area contributed by atoms with Crippen molar-refractivity contribution in [1.29, 1.82) is 0 Å². The lowest BCUT2D eigenvalue weighted by Crippen LogP contribution is -2.23. The maximum Gasteiger partial charge on any atom is 0.257 e. The molecule has 0 unspecified atom stereocenters. The summed E-state index contributed by atoms with van der Waals surface area (Å²) >= 11 is 1.39. The van der Waals surface area contributed by atoms with E-state index >= 15 is 0 Å². The van der Waals surface area contributed by atoms with E-state index in [0.29, 0.717) is 10.7 Å². The number of rotatable bonds is 4. The van der Waals surface area contributed by atoms with Crippen LogP contribution in [0.5, 0.6) is 0 Å². The summed E-state index contributed by atoms with van der Waals surface area (Å²) < 4.78 is 0.749. The van der Waals surface area contributed by atoms with Gasteiger partial charge in [0, 0.05) is 28.8 Å². The van der Waals surface area contributed by atoms with E-state index in [1.54, 1.807) is 24.3 Å². The second-order valence-electron chi connectivity index (χ2n) is 6.84. The minimum Gasteiger partial charge on any atom is -0.619 e. The van der Waals surface area contributed by atoms with Crippen molar-refractivity contribution in [3.63, 3.8) is 0 Å². The summed E-state index contributed by atoms with van der Waals surface area (Å²) in [6, 6.07) is 18.8. The molecule has 2 heterocycles. The number of hydrogen-bond acceptors (Lipinski definition) is 4. The van der Waals surface area contributed by atoms with Gasteiger partial charge in [-0.15, -0.1) is 0 Å². The van der Waals surface area contributed by atoms with Crippen LogP contribution in [0.25, 0.3) is 21.7 Å². The summed E-state index contributed by atoms with van der Waals surface area (Å²) in [4.78, 5) is 18.2. The minimum absolute atomic E-state index is 0.205. The Bertz CT molecular complexity index is 1150. The molecule has 1 amide bonds. The molecule has 144 valence electrons. The number of pyridine rings is 1. The minimum atomic E-state index is -0.205. The molecule has 6 heteroatoms. The van der Waals surface area contributed by atoms with Crippen molar-refractivity contribution in [3.05, 3.63) is 95.0 Å². The lowest BCUT2D eigenvalue weighted by molar-refractivity contribution is -0.605. The third-order valence-electron chi connectivity index (χ3n) is 4.44. The van der Waals surface area contributed by atoms with Gasteiger partial charge < -0.3 is 5.21 Å². The summed E-state index contributed by atoms with van der Waals surface area (Å²) in [7, 11) is 0. The fraction of sp³-hybridized carbons (Fsp3) is 0.0870. The number of aryl methyl sites for hydroxylation is 2. The monoisotopic (exact) mass is 401 g/mol. The number of amides is 1. The van der Waals surface area contributed by atoms with Crippen molar-refractivity contribution in [2.24, 2.45) is 0 Å². The van der Waals surface area contributed by atoms with Gasteiger partial charge in [0.25, 0.3) is 5.91 Å². The molecule has 29 heavy (non-hydrogen) atoms. The summed E-state index contributed by atoms with van der Waals surface area (Å²) in [6.07, 6.45) is 2.92. The fourth-order valence-corrected chi connectivity index (χ4v) is 4.19. The number of benzene rings is 2. The van der Waals surface area contributed by atoms with Gasteiger partial charge in [-0.3, -0.25) is 10.1 Å². The first-order valence-corrected chi connectivity index (χ1v) is 9.96. The van der Waals surface area contributed by atoms with Crippen molar-refractivity contribution in [2.45, 2.75) is 13.8 Å². The molecular weight excluding hydrogens is 382 g/mol. The largest absolute Gasteiger partial charge is 0.619 e. The highest BCUT2D eigenvalue weighted by Crippen LogP contribution is 2.39. The third kappa shape index (κ3) is 4.17. The Kier molecular flexibility index (Phi) is 5.10. The normalized spacial score (nSPS) is 10.7. The number of carbonyl (C=O) groups is 1. The zero-order chi connectivity index (χ0) is 20.4. The van der Waals surface area contributed by atoms with Crippen LogP contribution in [0.4, 0.5) is 5.13 Å². The number of aromatic nitrogens is 2. The summed E-state index contributed by atoms with van der Waals surface area (Å²) in [5.41, 5.74) is 5.49. The Balaban J connectivity index is 1.78. The van der Waals surface area contributed by atoms with Crippen molar-refractivity contribution in [3.8, 4) is 21.7 Å². The Morgan fingerprint density at radius 3 is 2.28 bits per heavy atom. The van der Waals surface area contributed by atoms with Crippen LogP contribution in [-0.4, -0.2) is 10.9 Å². The molecule has 0 saturated heterocycles. The maximum absolute atomic E-state index is 12.6. The number of hydrogen-bond donors (Lipinski definition) is 1. The van der Waals surface area contributed by atoms with Crippen LogP contribution in [0, 0.1) is 19.1 Å². The van der Waals surface area contributed by atoms with E-state index in [4.69, 9.17) is 4.98 Å². The van der Waals surface area contributed by atoms with Crippen LogP contribution >= 0.6 is 11.3 Å². The Morgan fingerprint density at radius 1 is 0.966 bits per heavy atom. The van der Waals surface area contributed by atoms with E-state index in [9.17, 15) is 10.0 Å². The molecule has 2 aromatic heterocycles. The zero-order valence-corrected chi connectivity index (χ0v) is 16.9. The van der Waals surface area contributed by atoms with E-state index in [-0.39, 0.29) is 5.91 Å². The topological polar surface area (TPSA) is 68.9 Å². The third-order valence-corrected chi connectivity index (χ3v) is 5.46. The van der Waals surface area contributed by atoms with E-state index in [1.165, 1.54) is 23.7 Å². The Hall–Kier alpha value is -3.51. The first-order valence-electron chi connectivity index (χ1n) is 9.15. The van der Waals surface area contributed by atoms with Crippen LogP contribution in [0.2, 0.25) is 0 Å². The molecule has 0 aliphatic rings. The van der Waals surface area contributed by atoms with E-state index < -0.39 is 0 Å². The van der Waals surface area contributed by atoms with Crippen molar-refractivity contribution >= 4 is 22.4 Å². The van der Waals surface area contributed by atoms with Gasteiger partial charge in [-0.05, 0) is 38.1 Å². The maximum atomic E-state index is 12.6. The van der Waals surface area contributed by atoms with E-state index in [1.807, 2.05) is 32.0 Å². The number of thiazole rings is 1. The molecule has 4 aromatic rings. The number of carbonyl (C=O) groups excluding carboxylic acids is 1. The molecule has 0 radical (unpaired) electrons. The van der Waals surface area contributed by atoms with Crippen molar-refractivity contribution in [1.82, 2.24) is 4.98 Å². The van der Waals surface area contributed by atoms with Gasteiger partial charge in [0.15, 0.2) is 17.5 Å². The molecule has 0 bridgehead atoms. The first-order chi connectivity index (χ1) is 14.0. The molecule has 0 aliphatic carbocycles. The Labute approximate surface area is 172 Å². The lowest BCUT2D eigenvalue weighted by atomic mass is 10.0. The second-order valence-corrected chi connectivity index (χ2v) is 7.84. The average molecular weight is 401 g/mol. The molecule has 0 spiro atoms. The average Bonchev–Trinajstić information content (AvgIpc) is 3.12. The van der Waals surface area contributed by atoms with E-state index in [0.717, 1.165) is 37.6 Å². The predicted octanol–water partition coefficient (Wildman–Crippen LogP) is 4.98. The highest BCUT2D eigenvalue weighted by atomic mass is 32.1. The molecule has 0 atom stereocenters. The van der Waals surface area contributed by atoms with Gasteiger partial charge in [0.05, 0.1) is 10.6 Å². The highest BCUT2D eigenvalue weighted by molar-refractivity contribution is 7.19. The summed E-state index contributed by atoms with van der Waals surface area (Å²) in [5.74, 6) is -0.205. The Morgan fingerprint density at radius 2 is 1.62 bits per heavy atom. The standard InChI is InChI=1S/C23H19N3O2S/c1-15-12-16(2)14-19(13-15)20-21(17-8-10-26(28)11-9-17)29-23(24-20)25-22(27)18-6-4-3-5-7-18/h3-14H,1-2H3,(H,24,25,27). The van der Waals surface area contributed by atoms with Crippen molar-refractivity contribution < 1.29 is 9.52 Å². The van der Waals surface area contributed by atoms with Gasteiger partial charge >= 0.3 is 0 Å². The smallest absolute Gasteiger partial charge is 0.257 e. The van der Waals surface area contributed by atoms with Gasteiger partial charge in [0.1, 0.15) is 0 Å². The van der Waals surface area contributed by atoms with Crippen LogP contribution in [0.3, 0.4) is 0 Å². The molecule has 2 aromatic carbocycles. The van der Waals surface area contributed by atoms with Gasteiger partial charge in [-0.2, -0.15) is 4.73 Å². The second kappa shape index (κ2) is 7.85. The SMILES string of the molecule is Cc1cc(C)cc(-c2nc(NC(=O)c3ccccc3)sc2-c2cc[n+]([O-])cc2)c1. The lowest BCUT2D eigenvalue weighted by Gasteiger charge is -2.05. The molecular formula is C23H19N3O2S. The quantitative estimate of drug-likeness (QED) is 0.387. The van der Waals surface area contributed by atoms with Gasteiger partial charge in [-0.25, -0.2) is 4.98 Å².